The quantitative estimate of drug-likeness (QED) is 0.107. The molecular weight excluding hydrogens is 705 g/mol. The Morgan fingerprint density at radius 3 is 2.09 bits per heavy atom. The van der Waals surface area contributed by atoms with E-state index in [9.17, 15) is 13.2 Å². The van der Waals surface area contributed by atoms with Gasteiger partial charge in [-0.05, 0) is 77.3 Å². The predicted molar refractivity (Wildman–Crippen MR) is 214 cm³/mol. The summed E-state index contributed by atoms with van der Waals surface area (Å²) in [6, 6.07) is 21.5. The van der Waals surface area contributed by atoms with Crippen LogP contribution in [0.25, 0.3) is 0 Å². The van der Waals surface area contributed by atoms with Crippen molar-refractivity contribution in [1.82, 2.24) is 4.31 Å². The van der Waals surface area contributed by atoms with E-state index < -0.39 is 30.5 Å². The molecule has 0 N–H and O–H groups in total. The number of piperidine rings is 1. The minimum atomic E-state index is -3.88. The number of amides is 1. The Morgan fingerprint density at radius 2 is 1.49 bits per heavy atom. The molecule has 1 saturated heterocycles. The highest BCUT2D eigenvalue weighted by Crippen LogP contribution is 2.47. The summed E-state index contributed by atoms with van der Waals surface area (Å²) in [7, 11) is -4.71. The maximum absolute atomic E-state index is 14.5. The monoisotopic (exact) mass is 764 g/mol. The molecule has 0 spiro atoms. The maximum Gasteiger partial charge on any atom is 0.265 e. The molecule has 53 heavy (non-hydrogen) atoms. The van der Waals surface area contributed by atoms with Crippen molar-refractivity contribution in [2.75, 3.05) is 44.9 Å². The molecule has 3 aromatic carbocycles. The van der Waals surface area contributed by atoms with Gasteiger partial charge in [-0.2, -0.15) is 4.31 Å². The molecule has 1 fully saturated rings. The molecular formula is C42H60N2O7SSi. The van der Waals surface area contributed by atoms with E-state index >= 15 is 0 Å². The molecule has 0 saturated carbocycles. The highest BCUT2D eigenvalue weighted by atomic mass is 32.2. The highest BCUT2D eigenvalue weighted by molar-refractivity contribution is 7.89. The van der Waals surface area contributed by atoms with Crippen molar-refractivity contribution in [2.45, 2.75) is 114 Å². The molecule has 2 aliphatic rings. The first-order valence-corrected chi connectivity index (χ1v) is 22.8. The lowest BCUT2D eigenvalue weighted by molar-refractivity contribution is -0.121. The molecule has 11 heteroatoms. The van der Waals surface area contributed by atoms with E-state index in [2.05, 4.69) is 72.7 Å². The van der Waals surface area contributed by atoms with E-state index in [1.165, 1.54) is 5.56 Å². The van der Waals surface area contributed by atoms with Crippen molar-refractivity contribution in [2.24, 2.45) is 0 Å². The van der Waals surface area contributed by atoms with E-state index in [4.69, 9.17) is 18.6 Å². The lowest BCUT2D eigenvalue weighted by atomic mass is 9.85. The standard InChI is InChI=1S/C42H60N2O7SSi/c1-10-33-14-17-35(18-15-33)42-39(49-27-34-16-21-38-37(24-34)44(22-11-23-48-9)41(45)28-50-38)25-43(52(46,47)36-19-12-32(8)13-20-36)26-40(42)51-53(29(2)3,30(4)5)31(6)7/h12-21,24,29-31,39-40,42H,10-11,22-23,25-28H2,1-9H3/t39-,40+,42+/m0/s1. The number of carbonyl (C=O) groups excluding carboxylic acids is 1. The summed E-state index contributed by atoms with van der Waals surface area (Å²) in [6.07, 6.45) is 0.658. The average Bonchev–Trinajstić information content (AvgIpc) is 3.13. The molecule has 2 aliphatic heterocycles. The second-order valence-electron chi connectivity index (χ2n) is 15.6. The number of hydrogen-bond acceptors (Lipinski definition) is 7. The third-order valence-corrected chi connectivity index (χ3v) is 19.2. The van der Waals surface area contributed by atoms with E-state index in [0.717, 1.165) is 23.1 Å². The second kappa shape index (κ2) is 17.6. The minimum absolute atomic E-state index is 0.00296. The van der Waals surface area contributed by atoms with Crippen molar-refractivity contribution in [3.63, 3.8) is 0 Å². The molecule has 290 valence electrons. The summed E-state index contributed by atoms with van der Waals surface area (Å²) in [4.78, 5) is 14.9. The highest BCUT2D eigenvalue weighted by Gasteiger charge is 2.51. The van der Waals surface area contributed by atoms with Gasteiger partial charge in [0.1, 0.15) is 5.75 Å². The van der Waals surface area contributed by atoms with Gasteiger partial charge in [-0.15, -0.1) is 0 Å². The third kappa shape index (κ3) is 8.92. The Morgan fingerprint density at radius 1 is 0.868 bits per heavy atom. The topological polar surface area (TPSA) is 94.6 Å². The van der Waals surface area contributed by atoms with Crippen LogP contribution in [0.1, 0.15) is 83.1 Å². The first kappa shape index (κ1) is 41.1. The van der Waals surface area contributed by atoms with Crippen LogP contribution in [-0.4, -0.2) is 79.1 Å². The van der Waals surface area contributed by atoms with Gasteiger partial charge in [0.15, 0.2) is 6.61 Å². The fourth-order valence-electron chi connectivity index (χ4n) is 8.49. The van der Waals surface area contributed by atoms with Crippen molar-refractivity contribution in [3.05, 3.63) is 89.0 Å². The van der Waals surface area contributed by atoms with Crippen LogP contribution in [-0.2, 0) is 41.7 Å². The zero-order chi connectivity index (χ0) is 38.5. The fraction of sp³-hybridized carbons (Fsp3) is 0.548. The molecule has 2 heterocycles. The number of fused-ring (bicyclic) bond motifs is 1. The molecule has 3 atom stereocenters. The lowest BCUT2D eigenvalue weighted by Crippen LogP contribution is -2.59. The van der Waals surface area contributed by atoms with E-state index in [0.29, 0.717) is 47.6 Å². The summed E-state index contributed by atoms with van der Waals surface area (Å²) >= 11 is 0. The summed E-state index contributed by atoms with van der Waals surface area (Å²) in [5, 5.41) is 0. The van der Waals surface area contributed by atoms with Gasteiger partial charge in [0, 0.05) is 39.3 Å². The van der Waals surface area contributed by atoms with Crippen molar-refractivity contribution in [3.8, 4) is 5.75 Å². The van der Waals surface area contributed by atoms with Crippen molar-refractivity contribution >= 4 is 29.9 Å². The molecule has 0 aliphatic carbocycles. The number of anilines is 1. The van der Waals surface area contributed by atoms with Crippen LogP contribution in [0.5, 0.6) is 5.75 Å². The number of ether oxygens (including phenoxy) is 3. The van der Waals surface area contributed by atoms with Gasteiger partial charge in [0.25, 0.3) is 5.91 Å². The summed E-state index contributed by atoms with van der Waals surface area (Å²) in [5.41, 5.74) is 5.81. The van der Waals surface area contributed by atoms with Crippen LogP contribution in [0.2, 0.25) is 16.6 Å². The number of nitrogens with zero attached hydrogens (tertiary/aromatic N) is 2. The summed E-state index contributed by atoms with van der Waals surface area (Å²) in [5.74, 6) is 0.333. The Balaban J connectivity index is 1.57. The zero-order valence-electron chi connectivity index (χ0n) is 33.1. The summed E-state index contributed by atoms with van der Waals surface area (Å²) in [6.45, 7) is 19.3. The number of methoxy groups -OCH3 is 1. The molecule has 5 rings (SSSR count). The summed E-state index contributed by atoms with van der Waals surface area (Å²) < 4.78 is 56.0. The van der Waals surface area contributed by atoms with Crippen LogP contribution < -0.4 is 9.64 Å². The van der Waals surface area contributed by atoms with Crippen LogP contribution in [0.15, 0.2) is 71.6 Å². The predicted octanol–water partition coefficient (Wildman–Crippen LogP) is 8.25. The van der Waals surface area contributed by atoms with E-state index in [1.807, 2.05) is 37.3 Å². The number of sulfonamides is 1. The maximum atomic E-state index is 14.5. The first-order valence-electron chi connectivity index (χ1n) is 19.2. The number of hydrogen-bond donors (Lipinski definition) is 0. The van der Waals surface area contributed by atoms with Crippen LogP contribution in [0, 0.1) is 6.92 Å². The molecule has 0 radical (unpaired) electrons. The average molecular weight is 765 g/mol. The minimum Gasteiger partial charge on any atom is -0.482 e. The Bertz CT molecular complexity index is 1760. The van der Waals surface area contributed by atoms with Crippen LogP contribution >= 0.6 is 0 Å². The lowest BCUT2D eigenvalue weighted by Gasteiger charge is -2.50. The third-order valence-electron chi connectivity index (χ3n) is 11.2. The van der Waals surface area contributed by atoms with Gasteiger partial charge >= 0.3 is 0 Å². The molecule has 0 aromatic heterocycles. The Kier molecular flexibility index (Phi) is 13.6. The van der Waals surface area contributed by atoms with Gasteiger partial charge < -0.3 is 23.5 Å². The Hall–Kier alpha value is -3.06. The number of rotatable bonds is 16. The largest absolute Gasteiger partial charge is 0.482 e. The zero-order valence-corrected chi connectivity index (χ0v) is 34.9. The molecule has 9 nitrogen and oxygen atoms in total. The first-order chi connectivity index (χ1) is 25.2. The SMILES string of the molecule is CCc1ccc([C@@H]2[C@@H](OCc3ccc4c(c3)N(CCCOC)C(=O)CO4)CN(S(=O)(=O)c3ccc(C)cc3)C[C@H]2O[Si](C(C)C)(C(C)C)C(C)C)cc1. The molecule has 0 bridgehead atoms. The number of aryl methyl sites for hydroxylation is 2. The van der Waals surface area contributed by atoms with E-state index in [1.54, 1.807) is 28.4 Å². The van der Waals surface area contributed by atoms with Gasteiger partial charge in [-0.1, -0.05) is 96.5 Å². The smallest absolute Gasteiger partial charge is 0.265 e. The fourth-order valence-corrected chi connectivity index (χ4v) is 15.5. The normalized spacial score (nSPS) is 20.0. The van der Waals surface area contributed by atoms with Gasteiger partial charge in [-0.25, -0.2) is 8.42 Å². The Labute approximate surface area is 319 Å². The molecule has 1 amide bonds. The van der Waals surface area contributed by atoms with Crippen LogP contribution in [0.3, 0.4) is 0 Å². The van der Waals surface area contributed by atoms with Gasteiger partial charge in [0.05, 0.1) is 29.4 Å². The van der Waals surface area contributed by atoms with Crippen LogP contribution in [0.4, 0.5) is 5.69 Å². The molecule has 0 unspecified atom stereocenters. The van der Waals surface area contributed by atoms with Crippen molar-refractivity contribution in [1.29, 1.82) is 0 Å². The second-order valence-corrected chi connectivity index (χ2v) is 22.9. The van der Waals surface area contributed by atoms with Gasteiger partial charge in [-0.3, -0.25) is 4.79 Å². The van der Waals surface area contributed by atoms with Crippen molar-refractivity contribution < 1.29 is 31.8 Å². The molecule has 3 aromatic rings. The number of benzene rings is 3. The number of carbonyl (C=O) groups is 1. The van der Waals surface area contributed by atoms with Gasteiger partial charge in [0.2, 0.25) is 18.3 Å². The van der Waals surface area contributed by atoms with E-state index in [-0.39, 0.29) is 43.0 Å².